The van der Waals surface area contributed by atoms with Gasteiger partial charge >= 0.3 is 0 Å². The Balaban J connectivity index is 2.12. The molecule has 0 aliphatic heterocycles. The number of rotatable bonds is 7. The highest BCUT2D eigenvalue weighted by molar-refractivity contribution is 9.10. The molecule has 2 nitrogen and oxygen atoms in total. The number of hydrogen-bond donors (Lipinski definition) is 0. The molecule has 0 unspecified atom stereocenters. The van der Waals surface area contributed by atoms with E-state index < -0.39 is 0 Å². The highest BCUT2D eigenvalue weighted by Gasteiger charge is 1.98. The predicted octanol–water partition coefficient (Wildman–Crippen LogP) is 3.64. The van der Waals surface area contributed by atoms with Crippen molar-refractivity contribution in [2.45, 2.75) is 19.8 Å². The average molecular weight is 273 g/mol. The van der Waals surface area contributed by atoms with E-state index in [-0.39, 0.29) is 0 Å². The minimum absolute atomic E-state index is 0.603. The standard InChI is InChI=1S/C12H17BrO2/c1-2-3-8-14-9-10-15-12-7-5-4-6-11(12)13/h4-7H,2-3,8-10H2,1H3. The van der Waals surface area contributed by atoms with E-state index in [0.717, 1.165) is 23.2 Å². The molecule has 15 heavy (non-hydrogen) atoms. The van der Waals surface area contributed by atoms with Gasteiger partial charge in [0.25, 0.3) is 0 Å². The van der Waals surface area contributed by atoms with Crippen LogP contribution in [0, 0.1) is 0 Å². The molecule has 0 amide bonds. The van der Waals surface area contributed by atoms with Gasteiger partial charge in [-0.3, -0.25) is 0 Å². The first-order valence-electron chi connectivity index (χ1n) is 5.29. The van der Waals surface area contributed by atoms with Gasteiger partial charge < -0.3 is 9.47 Å². The van der Waals surface area contributed by atoms with Crippen LogP contribution in [0.1, 0.15) is 19.8 Å². The molecule has 0 saturated heterocycles. The van der Waals surface area contributed by atoms with Crippen molar-refractivity contribution >= 4 is 15.9 Å². The predicted molar refractivity (Wildman–Crippen MR) is 65.4 cm³/mol. The van der Waals surface area contributed by atoms with Gasteiger partial charge in [0.05, 0.1) is 11.1 Å². The molecule has 0 aliphatic rings. The second-order valence-electron chi connectivity index (χ2n) is 3.24. The van der Waals surface area contributed by atoms with Gasteiger partial charge in [0, 0.05) is 6.61 Å². The third-order valence-electron chi connectivity index (χ3n) is 1.96. The van der Waals surface area contributed by atoms with Gasteiger partial charge in [0.15, 0.2) is 0 Å². The fraction of sp³-hybridized carbons (Fsp3) is 0.500. The van der Waals surface area contributed by atoms with Crippen molar-refractivity contribution in [2.24, 2.45) is 0 Å². The van der Waals surface area contributed by atoms with Gasteiger partial charge in [-0.2, -0.15) is 0 Å². The summed E-state index contributed by atoms with van der Waals surface area (Å²) >= 11 is 3.42. The third-order valence-corrected chi connectivity index (χ3v) is 2.62. The highest BCUT2D eigenvalue weighted by atomic mass is 79.9. The van der Waals surface area contributed by atoms with Crippen molar-refractivity contribution in [3.63, 3.8) is 0 Å². The van der Waals surface area contributed by atoms with Crippen molar-refractivity contribution in [3.8, 4) is 5.75 Å². The SMILES string of the molecule is CCCCOCCOc1ccccc1Br. The van der Waals surface area contributed by atoms with Gasteiger partial charge in [-0.25, -0.2) is 0 Å². The molecule has 0 fully saturated rings. The van der Waals surface area contributed by atoms with E-state index in [1.807, 2.05) is 24.3 Å². The van der Waals surface area contributed by atoms with Crippen LogP contribution in [0.15, 0.2) is 28.7 Å². The second kappa shape index (κ2) is 7.71. The van der Waals surface area contributed by atoms with E-state index in [2.05, 4.69) is 22.9 Å². The Morgan fingerprint density at radius 2 is 1.93 bits per heavy atom. The van der Waals surface area contributed by atoms with Crippen LogP contribution in [-0.4, -0.2) is 19.8 Å². The van der Waals surface area contributed by atoms with Crippen LogP contribution in [-0.2, 0) is 4.74 Å². The Labute approximate surface area is 99.7 Å². The minimum Gasteiger partial charge on any atom is -0.490 e. The van der Waals surface area contributed by atoms with Gasteiger partial charge in [0.2, 0.25) is 0 Å². The maximum absolute atomic E-state index is 5.55. The van der Waals surface area contributed by atoms with Gasteiger partial charge in [0.1, 0.15) is 12.4 Å². The van der Waals surface area contributed by atoms with Crippen LogP contribution in [0.5, 0.6) is 5.75 Å². The minimum atomic E-state index is 0.603. The van der Waals surface area contributed by atoms with Crippen LogP contribution >= 0.6 is 15.9 Å². The van der Waals surface area contributed by atoms with Crippen molar-refractivity contribution in [2.75, 3.05) is 19.8 Å². The normalized spacial score (nSPS) is 10.3. The smallest absolute Gasteiger partial charge is 0.133 e. The number of para-hydroxylation sites is 1. The van der Waals surface area contributed by atoms with Crippen molar-refractivity contribution in [1.82, 2.24) is 0 Å². The summed E-state index contributed by atoms with van der Waals surface area (Å²) in [6, 6.07) is 7.83. The summed E-state index contributed by atoms with van der Waals surface area (Å²) in [6.07, 6.45) is 2.29. The second-order valence-corrected chi connectivity index (χ2v) is 4.10. The van der Waals surface area contributed by atoms with Crippen molar-refractivity contribution in [1.29, 1.82) is 0 Å². The van der Waals surface area contributed by atoms with Gasteiger partial charge in [-0.05, 0) is 34.5 Å². The molecule has 0 N–H and O–H groups in total. The van der Waals surface area contributed by atoms with Crippen molar-refractivity contribution in [3.05, 3.63) is 28.7 Å². The van der Waals surface area contributed by atoms with E-state index in [4.69, 9.17) is 9.47 Å². The monoisotopic (exact) mass is 272 g/mol. The van der Waals surface area contributed by atoms with E-state index >= 15 is 0 Å². The summed E-state index contributed by atoms with van der Waals surface area (Å²) in [5.41, 5.74) is 0. The van der Waals surface area contributed by atoms with E-state index in [0.29, 0.717) is 13.2 Å². The Kier molecular flexibility index (Phi) is 6.44. The number of halogens is 1. The summed E-state index contributed by atoms with van der Waals surface area (Å²) in [6.45, 7) is 4.24. The van der Waals surface area contributed by atoms with Crippen LogP contribution in [0.4, 0.5) is 0 Å². The molecule has 0 bridgehead atoms. The Morgan fingerprint density at radius 3 is 2.67 bits per heavy atom. The molecule has 0 saturated carbocycles. The number of benzene rings is 1. The molecular formula is C12H17BrO2. The molecule has 0 aromatic heterocycles. The lowest BCUT2D eigenvalue weighted by molar-refractivity contribution is 0.0978. The molecule has 0 spiro atoms. The molecule has 1 aromatic rings. The molecule has 0 atom stereocenters. The van der Waals surface area contributed by atoms with Crippen LogP contribution in [0.2, 0.25) is 0 Å². The zero-order valence-electron chi connectivity index (χ0n) is 9.04. The molecule has 1 rings (SSSR count). The summed E-state index contributed by atoms with van der Waals surface area (Å²) in [4.78, 5) is 0. The largest absolute Gasteiger partial charge is 0.490 e. The highest BCUT2D eigenvalue weighted by Crippen LogP contribution is 2.23. The van der Waals surface area contributed by atoms with E-state index in [9.17, 15) is 0 Å². The fourth-order valence-electron chi connectivity index (χ4n) is 1.12. The molecule has 84 valence electrons. The van der Waals surface area contributed by atoms with E-state index in [1.54, 1.807) is 0 Å². The lowest BCUT2D eigenvalue weighted by Gasteiger charge is -2.08. The molecule has 3 heteroatoms. The Morgan fingerprint density at radius 1 is 1.13 bits per heavy atom. The zero-order valence-corrected chi connectivity index (χ0v) is 10.6. The number of unbranched alkanes of at least 4 members (excludes halogenated alkanes) is 1. The first kappa shape index (κ1) is 12.5. The first-order chi connectivity index (χ1) is 7.34. The van der Waals surface area contributed by atoms with Gasteiger partial charge in [-0.15, -0.1) is 0 Å². The maximum Gasteiger partial charge on any atom is 0.133 e. The lowest BCUT2D eigenvalue weighted by atomic mass is 10.3. The zero-order chi connectivity index (χ0) is 10.9. The molecule has 1 aromatic carbocycles. The molecule has 0 aliphatic carbocycles. The van der Waals surface area contributed by atoms with Crippen LogP contribution < -0.4 is 4.74 Å². The van der Waals surface area contributed by atoms with Gasteiger partial charge in [-0.1, -0.05) is 25.5 Å². The van der Waals surface area contributed by atoms with Crippen LogP contribution in [0.25, 0.3) is 0 Å². The summed E-state index contributed by atoms with van der Waals surface area (Å²) < 4.78 is 11.9. The summed E-state index contributed by atoms with van der Waals surface area (Å²) in [5.74, 6) is 0.872. The summed E-state index contributed by atoms with van der Waals surface area (Å²) in [5, 5.41) is 0. The fourth-order valence-corrected chi connectivity index (χ4v) is 1.52. The van der Waals surface area contributed by atoms with Crippen molar-refractivity contribution < 1.29 is 9.47 Å². The molecule has 0 heterocycles. The average Bonchev–Trinajstić information content (AvgIpc) is 2.25. The maximum atomic E-state index is 5.55. The van der Waals surface area contributed by atoms with E-state index in [1.165, 1.54) is 6.42 Å². The molecular weight excluding hydrogens is 256 g/mol. The first-order valence-corrected chi connectivity index (χ1v) is 6.09. The lowest BCUT2D eigenvalue weighted by Crippen LogP contribution is -2.07. The third kappa shape index (κ3) is 5.19. The number of hydrogen-bond acceptors (Lipinski definition) is 2. The Hall–Kier alpha value is -0.540. The number of ether oxygens (including phenoxy) is 2. The molecule has 0 radical (unpaired) electrons. The summed E-state index contributed by atoms with van der Waals surface area (Å²) in [7, 11) is 0. The Bertz CT molecular complexity index is 276. The topological polar surface area (TPSA) is 18.5 Å². The quantitative estimate of drug-likeness (QED) is 0.706. The van der Waals surface area contributed by atoms with Crippen LogP contribution in [0.3, 0.4) is 0 Å².